The topological polar surface area (TPSA) is 53.9 Å². The standard InChI is InChI=1S/C13H17N5S/c1-9-7-5-6-8-10(9)19-13-16-11(14-2)15-12(17-13)18(3)4/h5-8H,1-4H3,(H,14,15,16,17). The Morgan fingerprint density at radius 2 is 1.84 bits per heavy atom. The van der Waals surface area contributed by atoms with Gasteiger partial charge in [0.05, 0.1) is 0 Å². The van der Waals surface area contributed by atoms with Crippen molar-refractivity contribution < 1.29 is 0 Å². The van der Waals surface area contributed by atoms with Crippen LogP contribution in [0, 0.1) is 6.92 Å². The van der Waals surface area contributed by atoms with Gasteiger partial charge >= 0.3 is 0 Å². The van der Waals surface area contributed by atoms with Crippen molar-refractivity contribution in [2.75, 3.05) is 31.4 Å². The van der Waals surface area contributed by atoms with Crippen molar-refractivity contribution in [2.24, 2.45) is 0 Å². The molecule has 0 fully saturated rings. The van der Waals surface area contributed by atoms with E-state index in [0.717, 1.165) is 4.90 Å². The molecule has 0 saturated heterocycles. The Morgan fingerprint density at radius 1 is 1.11 bits per heavy atom. The molecule has 2 rings (SSSR count). The predicted molar refractivity (Wildman–Crippen MR) is 79.0 cm³/mol. The summed E-state index contributed by atoms with van der Waals surface area (Å²) in [6.07, 6.45) is 0. The third-order valence-electron chi connectivity index (χ3n) is 2.52. The van der Waals surface area contributed by atoms with E-state index in [2.05, 4.69) is 39.3 Å². The third kappa shape index (κ3) is 3.35. The maximum Gasteiger partial charge on any atom is 0.230 e. The Labute approximate surface area is 117 Å². The number of nitrogens with one attached hydrogen (secondary N) is 1. The highest BCUT2D eigenvalue weighted by Crippen LogP contribution is 2.28. The van der Waals surface area contributed by atoms with E-state index in [1.807, 2.05) is 31.1 Å². The summed E-state index contributed by atoms with van der Waals surface area (Å²) in [5, 5.41) is 3.65. The summed E-state index contributed by atoms with van der Waals surface area (Å²) in [7, 11) is 5.63. The van der Waals surface area contributed by atoms with Crippen LogP contribution in [0.4, 0.5) is 11.9 Å². The van der Waals surface area contributed by atoms with E-state index in [1.54, 1.807) is 18.8 Å². The molecule has 19 heavy (non-hydrogen) atoms. The van der Waals surface area contributed by atoms with Crippen LogP contribution in [-0.2, 0) is 0 Å². The summed E-state index contributed by atoms with van der Waals surface area (Å²) < 4.78 is 0. The molecule has 6 heteroatoms. The largest absolute Gasteiger partial charge is 0.357 e. The Bertz CT molecular complexity index is 571. The van der Waals surface area contributed by atoms with Gasteiger partial charge in [-0.15, -0.1) is 0 Å². The molecule has 5 nitrogen and oxygen atoms in total. The number of benzene rings is 1. The molecule has 0 bridgehead atoms. The van der Waals surface area contributed by atoms with E-state index in [1.165, 1.54) is 5.56 Å². The van der Waals surface area contributed by atoms with Crippen molar-refractivity contribution >= 4 is 23.7 Å². The van der Waals surface area contributed by atoms with Gasteiger partial charge in [0.15, 0.2) is 5.16 Å². The molecule has 1 aromatic carbocycles. The van der Waals surface area contributed by atoms with E-state index in [4.69, 9.17) is 0 Å². The van der Waals surface area contributed by atoms with E-state index < -0.39 is 0 Å². The van der Waals surface area contributed by atoms with Gasteiger partial charge in [-0.05, 0) is 30.3 Å². The lowest BCUT2D eigenvalue weighted by Gasteiger charge is -2.12. The summed E-state index contributed by atoms with van der Waals surface area (Å²) in [6.45, 7) is 2.08. The second-order valence-electron chi connectivity index (χ2n) is 4.25. The molecule has 2 aromatic rings. The first-order valence-electron chi connectivity index (χ1n) is 5.95. The van der Waals surface area contributed by atoms with Crippen LogP contribution in [-0.4, -0.2) is 36.1 Å². The number of aromatic nitrogens is 3. The molecule has 1 heterocycles. The van der Waals surface area contributed by atoms with Crippen molar-refractivity contribution in [3.63, 3.8) is 0 Å². The van der Waals surface area contributed by atoms with Crippen molar-refractivity contribution in [3.05, 3.63) is 29.8 Å². The fourth-order valence-corrected chi connectivity index (χ4v) is 2.30. The summed E-state index contributed by atoms with van der Waals surface area (Å²) >= 11 is 1.55. The Hall–Kier alpha value is -1.82. The number of nitrogens with zero attached hydrogens (tertiary/aromatic N) is 4. The molecule has 0 aliphatic carbocycles. The smallest absolute Gasteiger partial charge is 0.230 e. The van der Waals surface area contributed by atoms with Gasteiger partial charge < -0.3 is 10.2 Å². The average Bonchev–Trinajstić information content (AvgIpc) is 2.41. The van der Waals surface area contributed by atoms with Crippen molar-refractivity contribution in [1.29, 1.82) is 0 Å². The van der Waals surface area contributed by atoms with Gasteiger partial charge in [0, 0.05) is 26.0 Å². The first kappa shape index (κ1) is 13.6. The number of hydrogen-bond acceptors (Lipinski definition) is 6. The van der Waals surface area contributed by atoms with Crippen LogP contribution in [0.1, 0.15) is 5.56 Å². The number of anilines is 2. The monoisotopic (exact) mass is 275 g/mol. The lowest BCUT2D eigenvalue weighted by molar-refractivity contribution is 0.870. The maximum absolute atomic E-state index is 4.44. The highest BCUT2D eigenvalue weighted by molar-refractivity contribution is 7.99. The van der Waals surface area contributed by atoms with Crippen LogP contribution in [0.25, 0.3) is 0 Å². The molecule has 0 aliphatic rings. The van der Waals surface area contributed by atoms with Gasteiger partial charge in [0.25, 0.3) is 0 Å². The quantitative estimate of drug-likeness (QED) is 0.925. The summed E-state index contributed by atoms with van der Waals surface area (Å²) in [5.74, 6) is 1.23. The molecular formula is C13H17N5S. The van der Waals surface area contributed by atoms with Gasteiger partial charge in [-0.25, -0.2) is 0 Å². The number of hydrogen-bond donors (Lipinski definition) is 1. The zero-order valence-electron chi connectivity index (χ0n) is 11.5. The van der Waals surface area contributed by atoms with Crippen LogP contribution < -0.4 is 10.2 Å². The van der Waals surface area contributed by atoms with E-state index in [9.17, 15) is 0 Å². The molecule has 0 aliphatic heterocycles. The first-order valence-corrected chi connectivity index (χ1v) is 6.76. The lowest BCUT2D eigenvalue weighted by Crippen LogP contribution is -2.15. The zero-order chi connectivity index (χ0) is 13.8. The number of rotatable bonds is 4. The predicted octanol–water partition coefficient (Wildman–Crippen LogP) is 2.44. The van der Waals surface area contributed by atoms with Crippen LogP contribution >= 0.6 is 11.8 Å². The van der Waals surface area contributed by atoms with Crippen molar-refractivity contribution in [3.8, 4) is 0 Å². The Morgan fingerprint density at radius 3 is 2.47 bits per heavy atom. The highest BCUT2D eigenvalue weighted by Gasteiger charge is 2.09. The first-order chi connectivity index (χ1) is 9.10. The minimum atomic E-state index is 0.579. The molecule has 0 atom stereocenters. The lowest BCUT2D eigenvalue weighted by atomic mass is 10.2. The fourth-order valence-electron chi connectivity index (χ4n) is 1.47. The Kier molecular flexibility index (Phi) is 4.21. The normalized spacial score (nSPS) is 10.3. The van der Waals surface area contributed by atoms with Crippen LogP contribution in [0.15, 0.2) is 34.3 Å². The van der Waals surface area contributed by atoms with Gasteiger partial charge in [-0.3, -0.25) is 0 Å². The molecule has 0 unspecified atom stereocenters. The number of aryl methyl sites for hydroxylation is 1. The second kappa shape index (κ2) is 5.88. The van der Waals surface area contributed by atoms with Gasteiger partial charge in [-0.2, -0.15) is 15.0 Å². The molecule has 0 radical (unpaired) electrons. The fraction of sp³-hybridized carbons (Fsp3) is 0.308. The molecule has 1 N–H and O–H groups in total. The van der Waals surface area contributed by atoms with Crippen LogP contribution in [0.3, 0.4) is 0 Å². The molecular weight excluding hydrogens is 258 g/mol. The summed E-state index contributed by atoms with van der Waals surface area (Å²) in [5.41, 5.74) is 1.21. The van der Waals surface area contributed by atoms with Gasteiger partial charge in [0.2, 0.25) is 11.9 Å². The summed E-state index contributed by atoms with van der Waals surface area (Å²) in [4.78, 5) is 16.1. The summed E-state index contributed by atoms with van der Waals surface area (Å²) in [6, 6.07) is 8.19. The third-order valence-corrected chi connectivity index (χ3v) is 3.56. The van der Waals surface area contributed by atoms with Crippen molar-refractivity contribution in [2.45, 2.75) is 17.0 Å². The second-order valence-corrected chi connectivity index (χ2v) is 5.26. The zero-order valence-corrected chi connectivity index (χ0v) is 12.3. The molecule has 1 aromatic heterocycles. The molecule has 0 spiro atoms. The van der Waals surface area contributed by atoms with E-state index in [-0.39, 0.29) is 0 Å². The minimum absolute atomic E-state index is 0.579. The van der Waals surface area contributed by atoms with E-state index >= 15 is 0 Å². The SMILES string of the molecule is CNc1nc(Sc2ccccc2C)nc(N(C)C)n1. The Balaban J connectivity index is 2.34. The molecule has 0 saturated carbocycles. The molecule has 0 amide bonds. The highest BCUT2D eigenvalue weighted by atomic mass is 32.2. The molecule has 100 valence electrons. The minimum Gasteiger partial charge on any atom is -0.357 e. The average molecular weight is 275 g/mol. The van der Waals surface area contributed by atoms with Crippen LogP contribution in [0.2, 0.25) is 0 Å². The maximum atomic E-state index is 4.44. The van der Waals surface area contributed by atoms with Crippen molar-refractivity contribution in [1.82, 2.24) is 15.0 Å². The van der Waals surface area contributed by atoms with Crippen LogP contribution in [0.5, 0.6) is 0 Å². The van der Waals surface area contributed by atoms with Gasteiger partial charge in [0.1, 0.15) is 0 Å². The van der Waals surface area contributed by atoms with E-state index in [0.29, 0.717) is 17.1 Å². The van der Waals surface area contributed by atoms with Gasteiger partial charge in [-0.1, -0.05) is 18.2 Å².